The maximum absolute atomic E-state index is 12.8. The third-order valence-corrected chi connectivity index (χ3v) is 5.99. The number of para-hydroxylation sites is 1. The Labute approximate surface area is 195 Å². The van der Waals surface area contributed by atoms with Gasteiger partial charge in [0.25, 0.3) is 5.56 Å². The largest absolute Gasteiger partial charge is 0.439 e. The Balaban J connectivity index is 1.54. The van der Waals surface area contributed by atoms with E-state index in [1.807, 2.05) is 41.3 Å². The Hall–Kier alpha value is -4.02. The monoisotopic (exact) mass is 459 g/mol. The molecule has 3 aromatic heterocycles. The van der Waals surface area contributed by atoms with Gasteiger partial charge in [0.1, 0.15) is 23.2 Å². The molecule has 1 aliphatic rings. The zero-order valence-electron chi connectivity index (χ0n) is 18.5. The first kappa shape index (κ1) is 21.8. The molecule has 5 rings (SSSR count). The Kier molecular flexibility index (Phi) is 5.83. The molecule has 4 N–H and O–H groups in total. The van der Waals surface area contributed by atoms with Gasteiger partial charge in [0.15, 0.2) is 5.82 Å². The molecule has 1 fully saturated rings. The minimum absolute atomic E-state index is 0.129. The average Bonchev–Trinajstić information content (AvgIpc) is 3.29. The van der Waals surface area contributed by atoms with Crippen molar-refractivity contribution in [1.29, 1.82) is 0 Å². The Morgan fingerprint density at radius 1 is 1.26 bits per heavy atom. The molecule has 0 aliphatic carbocycles. The van der Waals surface area contributed by atoms with Gasteiger partial charge in [-0.3, -0.25) is 14.4 Å². The van der Waals surface area contributed by atoms with Crippen molar-refractivity contribution in [1.82, 2.24) is 29.9 Å². The summed E-state index contributed by atoms with van der Waals surface area (Å²) in [6.45, 7) is 4.94. The first-order valence-corrected chi connectivity index (χ1v) is 11.1. The Morgan fingerprint density at radius 2 is 2.09 bits per heavy atom. The quantitative estimate of drug-likeness (QED) is 0.375. The van der Waals surface area contributed by atoms with Gasteiger partial charge in [0, 0.05) is 30.9 Å². The number of H-pyrrole nitrogens is 1. The number of benzene rings is 1. The SMILES string of the molecule is C=CC(O)N1CCCC(n2nc(-c3ccc(Oc4ccccc4)nc3)c3c(N)n[nH]c(=O)c32)C1. The lowest BCUT2D eigenvalue weighted by Gasteiger charge is -2.34. The van der Waals surface area contributed by atoms with Crippen LogP contribution in [-0.4, -0.2) is 54.3 Å². The Bertz CT molecular complexity index is 1370. The van der Waals surface area contributed by atoms with Gasteiger partial charge < -0.3 is 15.6 Å². The summed E-state index contributed by atoms with van der Waals surface area (Å²) in [5.74, 6) is 1.30. The van der Waals surface area contributed by atoms with Crippen LogP contribution >= 0.6 is 0 Å². The lowest BCUT2D eigenvalue weighted by atomic mass is 10.1. The molecule has 4 aromatic rings. The van der Waals surface area contributed by atoms with E-state index < -0.39 is 6.23 Å². The molecule has 1 aromatic carbocycles. The maximum Gasteiger partial charge on any atom is 0.290 e. The zero-order valence-corrected chi connectivity index (χ0v) is 18.5. The van der Waals surface area contributed by atoms with Crippen LogP contribution in [0.25, 0.3) is 22.2 Å². The van der Waals surface area contributed by atoms with Gasteiger partial charge >= 0.3 is 0 Å². The number of piperidine rings is 1. The summed E-state index contributed by atoms with van der Waals surface area (Å²) in [5, 5.41) is 21.9. The van der Waals surface area contributed by atoms with Gasteiger partial charge in [-0.1, -0.05) is 24.8 Å². The number of nitrogens with one attached hydrogen (secondary N) is 1. The number of pyridine rings is 1. The van der Waals surface area contributed by atoms with E-state index in [2.05, 4.69) is 21.8 Å². The van der Waals surface area contributed by atoms with Crippen molar-refractivity contribution >= 4 is 16.7 Å². The molecule has 0 spiro atoms. The van der Waals surface area contributed by atoms with E-state index in [1.54, 1.807) is 16.9 Å². The molecule has 0 amide bonds. The van der Waals surface area contributed by atoms with Crippen LogP contribution in [0.2, 0.25) is 0 Å². The summed E-state index contributed by atoms with van der Waals surface area (Å²) in [6, 6.07) is 12.8. The number of aliphatic hydroxyl groups excluding tert-OH is 1. The molecule has 0 bridgehead atoms. The first-order chi connectivity index (χ1) is 16.5. The first-order valence-electron chi connectivity index (χ1n) is 11.1. The number of fused-ring (bicyclic) bond motifs is 1. The van der Waals surface area contributed by atoms with Crippen LogP contribution < -0.4 is 16.0 Å². The Morgan fingerprint density at radius 3 is 2.82 bits per heavy atom. The van der Waals surface area contributed by atoms with Crippen molar-refractivity contribution in [2.45, 2.75) is 25.1 Å². The number of rotatable bonds is 6. The molecule has 0 radical (unpaired) electrons. The van der Waals surface area contributed by atoms with Gasteiger partial charge in [0.2, 0.25) is 5.88 Å². The van der Waals surface area contributed by atoms with Gasteiger partial charge in [-0.25, -0.2) is 10.1 Å². The molecule has 34 heavy (non-hydrogen) atoms. The fourth-order valence-electron chi connectivity index (χ4n) is 4.34. The molecule has 2 unspecified atom stereocenters. The molecule has 10 heteroatoms. The number of nitrogens with zero attached hydrogens (tertiary/aromatic N) is 5. The van der Waals surface area contributed by atoms with Gasteiger partial charge in [0.05, 0.1) is 11.4 Å². The number of aromatic nitrogens is 5. The topological polar surface area (TPSA) is 135 Å². The van der Waals surface area contributed by atoms with Crippen LogP contribution in [0.4, 0.5) is 5.82 Å². The molecule has 1 aliphatic heterocycles. The van der Waals surface area contributed by atoms with Crippen LogP contribution in [-0.2, 0) is 0 Å². The lowest BCUT2D eigenvalue weighted by molar-refractivity contribution is 0.0127. The number of anilines is 1. The molecular weight excluding hydrogens is 434 g/mol. The minimum atomic E-state index is -0.754. The fraction of sp³-hybridized carbons (Fsp3) is 0.250. The smallest absolute Gasteiger partial charge is 0.290 e. The zero-order chi connectivity index (χ0) is 23.7. The van der Waals surface area contributed by atoms with Crippen molar-refractivity contribution in [3.63, 3.8) is 0 Å². The van der Waals surface area contributed by atoms with Gasteiger partial charge in [-0.2, -0.15) is 10.2 Å². The third kappa shape index (κ3) is 4.04. The number of hydrogen-bond acceptors (Lipinski definition) is 8. The van der Waals surface area contributed by atoms with E-state index in [4.69, 9.17) is 15.6 Å². The maximum atomic E-state index is 12.8. The molecule has 0 saturated carbocycles. The molecule has 10 nitrogen and oxygen atoms in total. The highest BCUT2D eigenvalue weighted by atomic mass is 16.5. The number of aliphatic hydroxyl groups is 1. The minimum Gasteiger partial charge on any atom is -0.439 e. The van der Waals surface area contributed by atoms with Crippen molar-refractivity contribution in [2.24, 2.45) is 0 Å². The number of likely N-dealkylation sites (tertiary alicyclic amines) is 1. The van der Waals surface area contributed by atoms with E-state index in [0.717, 1.165) is 19.4 Å². The van der Waals surface area contributed by atoms with E-state index in [0.29, 0.717) is 40.3 Å². The second-order valence-electron chi connectivity index (χ2n) is 8.20. The highest BCUT2D eigenvalue weighted by molar-refractivity contribution is 5.99. The fourth-order valence-corrected chi connectivity index (χ4v) is 4.34. The summed E-state index contributed by atoms with van der Waals surface area (Å²) in [6.07, 6.45) is 4.03. The summed E-state index contributed by atoms with van der Waals surface area (Å²) >= 11 is 0. The average molecular weight is 460 g/mol. The molecule has 4 heterocycles. The highest BCUT2D eigenvalue weighted by Gasteiger charge is 2.29. The van der Waals surface area contributed by atoms with Crippen molar-refractivity contribution in [2.75, 3.05) is 18.8 Å². The number of nitrogens with two attached hydrogens (primary N) is 1. The predicted molar refractivity (Wildman–Crippen MR) is 128 cm³/mol. The third-order valence-electron chi connectivity index (χ3n) is 5.99. The number of aromatic amines is 1. The summed E-state index contributed by atoms with van der Waals surface area (Å²) in [7, 11) is 0. The van der Waals surface area contributed by atoms with E-state index in [9.17, 15) is 9.90 Å². The predicted octanol–water partition coefficient (Wildman–Crippen LogP) is 2.70. The number of nitrogen functional groups attached to an aromatic ring is 1. The van der Waals surface area contributed by atoms with Crippen LogP contribution in [0.5, 0.6) is 11.6 Å². The van der Waals surface area contributed by atoms with Crippen molar-refractivity contribution in [3.05, 3.63) is 71.7 Å². The van der Waals surface area contributed by atoms with E-state index in [-0.39, 0.29) is 17.4 Å². The molecule has 2 atom stereocenters. The molecule has 1 saturated heterocycles. The van der Waals surface area contributed by atoms with Crippen LogP contribution in [0.1, 0.15) is 18.9 Å². The number of ether oxygens (including phenoxy) is 1. The lowest BCUT2D eigenvalue weighted by Crippen LogP contribution is -2.42. The van der Waals surface area contributed by atoms with Crippen LogP contribution in [0.3, 0.4) is 0 Å². The van der Waals surface area contributed by atoms with E-state index in [1.165, 1.54) is 6.08 Å². The van der Waals surface area contributed by atoms with Gasteiger partial charge in [-0.15, -0.1) is 0 Å². The normalized spacial score (nSPS) is 17.5. The molecular formula is C24H25N7O3. The van der Waals surface area contributed by atoms with Crippen LogP contribution in [0.15, 0.2) is 66.1 Å². The summed E-state index contributed by atoms with van der Waals surface area (Å²) < 4.78 is 7.48. The molecule has 174 valence electrons. The van der Waals surface area contributed by atoms with Crippen molar-refractivity contribution < 1.29 is 9.84 Å². The van der Waals surface area contributed by atoms with Gasteiger partial charge in [-0.05, 0) is 37.1 Å². The second kappa shape index (κ2) is 9.08. The summed E-state index contributed by atoms with van der Waals surface area (Å²) in [4.78, 5) is 19.1. The van der Waals surface area contributed by atoms with E-state index >= 15 is 0 Å². The summed E-state index contributed by atoms with van der Waals surface area (Å²) in [5.41, 5.74) is 7.37. The number of hydrogen-bond donors (Lipinski definition) is 3. The highest BCUT2D eigenvalue weighted by Crippen LogP contribution is 2.33. The second-order valence-corrected chi connectivity index (χ2v) is 8.20. The van der Waals surface area contributed by atoms with Crippen molar-refractivity contribution in [3.8, 4) is 22.9 Å². The standard InChI is InChI=1S/C24H25N7O3/c1-2-19(32)30-12-6-7-16(14-30)31-22-20(23(25)27-28-24(22)33)21(29-31)15-10-11-18(26-13-15)34-17-8-4-3-5-9-17/h2-5,8-11,13,16,19,32H,1,6-7,12,14H2,(H2,25,27)(H,28,33). The van der Waals surface area contributed by atoms with Crippen LogP contribution in [0, 0.1) is 0 Å².